The zero-order valence-corrected chi connectivity index (χ0v) is 18.3. The van der Waals surface area contributed by atoms with Gasteiger partial charge < -0.3 is 24.4 Å². The van der Waals surface area contributed by atoms with Crippen LogP contribution in [0.2, 0.25) is 0 Å². The third-order valence-electron chi connectivity index (χ3n) is 5.46. The molecule has 4 rings (SSSR count). The molecule has 1 N–H and O–H groups in total. The first kappa shape index (κ1) is 20.4. The van der Waals surface area contributed by atoms with Crippen LogP contribution in [0.1, 0.15) is 23.5 Å². The third-order valence-corrected chi connectivity index (χ3v) is 5.81. The summed E-state index contributed by atoms with van der Waals surface area (Å²) >= 11 is 5.70. The number of thiocarbonyl (C=S) groups is 1. The molecule has 156 valence electrons. The van der Waals surface area contributed by atoms with Crippen LogP contribution in [0.3, 0.4) is 0 Å². The fraction of sp³-hybridized carbons (Fsp3) is 0.304. The molecule has 6 nitrogen and oxygen atoms in total. The van der Waals surface area contributed by atoms with E-state index in [4.69, 9.17) is 17.0 Å². The fourth-order valence-corrected chi connectivity index (χ4v) is 4.27. The van der Waals surface area contributed by atoms with Gasteiger partial charge in [-0.15, -0.1) is 0 Å². The van der Waals surface area contributed by atoms with Gasteiger partial charge in [0, 0.05) is 57.2 Å². The van der Waals surface area contributed by atoms with Crippen molar-refractivity contribution in [2.75, 3.05) is 39.3 Å². The topological polar surface area (TPSA) is 45.6 Å². The van der Waals surface area contributed by atoms with Crippen LogP contribution in [-0.2, 0) is 4.74 Å². The van der Waals surface area contributed by atoms with E-state index in [1.807, 2.05) is 38.5 Å². The van der Waals surface area contributed by atoms with Crippen molar-refractivity contribution in [1.82, 2.24) is 19.8 Å². The lowest BCUT2D eigenvalue weighted by molar-refractivity contribution is 0.163. The van der Waals surface area contributed by atoms with Crippen molar-refractivity contribution in [3.8, 4) is 5.69 Å². The molecule has 0 radical (unpaired) electrons. The molecule has 0 saturated carbocycles. The van der Waals surface area contributed by atoms with Gasteiger partial charge in [0.1, 0.15) is 0 Å². The van der Waals surface area contributed by atoms with E-state index in [1.165, 1.54) is 5.69 Å². The number of nitrogens with one attached hydrogen (secondary N) is 1. The van der Waals surface area contributed by atoms with Crippen LogP contribution in [0.25, 0.3) is 5.69 Å². The Balaban J connectivity index is 1.75. The quantitative estimate of drug-likeness (QED) is 0.589. The number of hydrogen-bond acceptors (Lipinski definition) is 4. The minimum absolute atomic E-state index is 0.00563. The van der Waals surface area contributed by atoms with Gasteiger partial charge in [-0.3, -0.25) is 4.98 Å². The maximum absolute atomic E-state index is 5.70. The highest BCUT2D eigenvalue weighted by molar-refractivity contribution is 7.80. The summed E-state index contributed by atoms with van der Waals surface area (Å²) in [5.41, 5.74) is 4.42. The van der Waals surface area contributed by atoms with Crippen molar-refractivity contribution in [3.63, 3.8) is 0 Å². The van der Waals surface area contributed by atoms with Crippen LogP contribution in [0, 0.1) is 0 Å². The maximum Gasteiger partial charge on any atom is 0.170 e. The Morgan fingerprint density at radius 2 is 1.90 bits per heavy atom. The predicted octanol–water partition coefficient (Wildman–Crippen LogP) is 3.56. The largest absolute Gasteiger partial charge is 0.383 e. The van der Waals surface area contributed by atoms with E-state index in [-0.39, 0.29) is 12.1 Å². The normalized spacial score (nSPS) is 18.5. The average Bonchev–Trinajstić information content (AvgIpc) is 3.37. The average molecular weight is 422 g/mol. The second kappa shape index (κ2) is 8.85. The molecule has 0 bridgehead atoms. The van der Waals surface area contributed by atoms with E-state index in [1.54, 1.807) is 7.11 Å². The standard InChI is InChI=1S/C23H27N5OS/c1-26(2)17-9-11-18(12-10-17)27-14-6-8-20(27)22-21(19-7-4-5-13-24-19)25-23(30)28(22)15-16-29-3/h4-14,21-22H,15-16H2,1-3H3,(H,25,30)/t21-,22-/m0/s1. The van der Waals surface area contributed by atoms with Gasteiger partial charge in [0.2, 0.25) is 0 Å². The van der Waals surface area contributed by atoms with Crippen LogP contribution >= 0.6 is 12.2 Å². The second-order valence-electron chi connectivity index (χ2n) is 7.53. The molecule has 1 aliphatic rings. The van der Waals surface area contributed by atoms with Crippen LogP contribution in [0.5, 0.6) is 0 Å². The Morgan fingerprint density at radius 1 is 1.10 bits per heavy atom. The summed E-state index contributed by atoms with van der Waals surface area (Å²) in [6, 6.07) is 18.8. The Bertz CT molecular complexity index is 986. The number of hydrogen-bond donors (Lipinski definition) is 1. The van der Waals surface area contributed by atoms with Gasteiger partial charge in [0.25, 0.3) is 0 Å². The number of aromatic nitrogens is 2. The molecule has 1 aliphatic heterocycles. The van der Waals surface area contributed by atoms with Gasteiger partial charge in [-0.1, -0.05) is 6.07 Å². The molecular formula is C23H27N5OS. The molecule has 3 heterocycles. The van der Waals surface area contributed by atoms with Crippen LogP contribution in [0.4, 0.5) is 5.69 Å². The van der Waals surface area contributed by atoms with E-state index in [0.29, 0.717) is 13.2 Å². The second-order valence-corrected chi connectivity index (χ2v) is 7.91. The summed E-state index contributed by atoms with van der Waals surface area (Å²) in [7, 11) is 5.81. The number of ether oxygens (including phenoxy) is 1. The van der Waals surface area contributed by atoms with Crippen molar-refractivity contribution in [2.45, 2.75) is 12.1 Å². The van der Waals surface area contributed by atoms with E-state index >= 15 is 0 Å². The molecule has 0 unspecified atom stereocenters. The van der Waals surface area contributed by atoms with Crippen LogP contribution < -0.4 is 10.2 Å². The smallest absolute Gasteiger partial charge is 0.170 e. The van der Waals surface area contributed by atoms with Crippen LogP contribution in [-0.4, -0.2) is 53.9 Å². The molecule has 2 aromatic heterocycles. The number of rotatable bonds is 7. The zero-order chi connectivity index (χ0) is 21.1. The molecule has 2 atom stereocenters. The SMILES string of the molecule is COCCN1C(=S)N[C@@H](c2ccccn2)[C@@H]1c1cccn1-c1ccc(N(C)C)cc1. The molecule has 1 aromatic carbocycles. The Kier molecular flexibility index (Phi) is 6.01. The van der Waals surface area contributed by atoms with Crippen molar-refractivity contribution < 1.29 is 4.74 Å². The predicted molar refractivity (Wildman–Crippen MR) is 124 cm³/mol. The van der Waals surface area contributed by atoms with Gasteiger partial charge in [0.15, 0.2) is 5.11 Å². The highest BCUT2D eigenvalue weighted by Gasteiger charge is 2.41. The number of methoxy groups -OCH3 is 1. The first-order valence-corrected chi connectivity index (χ1v) is 10.4. The van der Waals surface area contributed by atoms with E-state index < -0.39 is 0 Å². The molecule has 7 heteroatoms. The van der Waals surface area contributed by atoms with Crippen molar-refractivity contribution >= 4 is 23.0 Å². The highest BCUT2D eigenvalue weighted by atomic mass is 32.1. The Hall–Kier alpha value is -2.90. The summed E-state index contributed by atoms with van der Waals surface area (Å²) in [5, 5.41) is 4.21. The monoisotopic (exact) mass is 421 g/mol. The van der Waals surface area contributed by atoms with Gasteiger partial charge >= 0.3 is 0 Å². The zero-order valence-electron chi connectivity index (χ0n) is 17.5. The lowest BCUT2D eigenvalue weighted by Crippen LogP contribution is -2.33. The number of anilines is 1. The molecular weight excluding hydrogens is 394 g/mol. The van der Waals surface area contributed by atoms with Crippen molar-refractivity contribution in [3.05, 3.63) is 78.4 Å². The summed E-state index contributed by atoms with van der Waals surface area (Å²) in [6.45, 7) is 1.31. The first-order valence-electron chi connectivity index (χ1n) is 10.0. The number of pyridine rings is 1. The minimum Gasteiger partial charge on any atom is -0.383 e. The van der Waals surface area contributed by atoms with Gasteiger partial charge in [-0.25, -0.2) is 0 Å². The fourth-order valence-electron chi connectivity index (χ4n) is 3.94. The lowest BCUT2D eigenvalue weighted by atomic mass is 10.0. The maximum atomic E-state index is 5.70. The molecule has 0 aliphatic carbocycles. The third kappa shape index (κ3) is 3.91. The summed E-state index contributed by atoms with van der Waals surface area (Å²) < 4.78 is 7.58. The van der Waals surface area contributed by atoms with Gasteiger partial charge in [-0.2, -0.15) is 0 Å². The van der Waals surface area contributed by atoms with Crippen molar-refractivity contribution in [1.29, 1.82) is 0 Å². The van der Waals surface area contributed by atoms with E-state index in [9.17, 15) is 0 Å². The molecule has 0 amide bonds. The summed E-state index contributed by atoms with van der Waals surface area (Å²) in [6.07, 6.45) is 3.93. The van der Waals surface area contributed by atoms with E-state index in [2.05, 4.69) is 67.3 Å². The molecule has 1 saturated heterocycles. The molecule has 1 fully saturated rings. The first-order chi connectivity index (χ1) is 14.6. The number of nitrogens with zero attached hydrogens (tertiary/aromatic N) is 4. The van der Waals surface area contributed by atoms with E-state index in [0.717, 1.165) is 22.2 Å². The Labute approximate surface area is 183 Å². The molecule has 0 spiro atoms. The van der Waals surface area contributed by atoms with Crippen LogP contribution in [0.15, 0.2) is 67.0 Å². The number of benzene rings is 1. The molecule has 3 aromatic rings. The molecule has 30 heavy (non-hydrogen) atoms. The summed E-state index contributed by atoms with van der Waals surface area (Å²) in [4.78, 5) is 8.92. The lowest BCUT2D eigenvalue weighted by Gasteiger charge is -2.28. The minimum atomic E-state index is -0.0368. The summed E-state index contributed by atoms with van der Waals surface area (Å²) in [5.74, 6) is 0. The van der Waals surface area contributed by atoms with Gasteiger partial charge in [0.05, 0.1) is 24.4 Å². The Morgan fingerprint density at radius 3 is 2.57 bits per heavy atom. The van der Waals surface area contributed by atoms with Gasteiger partial charge in [-0.05, 0) is 60.7 Å². The highest BCUT2D eigenvalue weighted by Crippen LogP contribution is 2.39. The van der Waals surface area contributed by atoms with Crippen molar-refractivity contribution in [2.24, 2.45) is 0 Å².